The zero-order valence-corrected chi connectivity index (χ0v) is 12.3. The SMILES string of the molecule is Cn1cnc2c(c1=O)CCN(Cc1ccc(C(=O)O)cc1)C2. The molecule has 22 heavy (non-hydrogen) atoms. The van der Waals surface area contributed by atoms with Crippen LogP contribution >= 0.6 is 0 Å². The third-order valence-corrected chi connectivity index (χ3v) is 3.97. The highest BCUT2D eigenvalue weighted by Gasteiger charge is 2.20. The topological polar surface area (TPSA) is 75.4 Å². The second-order valence-corrected chi connectivity index (χ2v) is 5.55. The molecule has 2 aromatic rings. The average Bonchev–Trinajstić information content (AvgIpc) is 2.51. The van der Waals surface area contributed by atoms with Gasteiger partial charge in [0.25, 0.3) is 5.56 Å². The zero-order valence-electron chi connectivity index (χ0n) is 12.3. The number of benzene rings is 1. The summed E-state index contributed by atoms with van der Waals surface area (Å²) in [7, 11) is 1.71. The Morgan fingerprint density at radius 3 is 2.73 bits per heavy atom. The molecule has 0 saturated heterocycles. The molecule has 0 radical (unpaired) electrons. The van der Waals surface area contributed by atoms with Gasteiger partial charge in [0.15, 0.2) is 0 Å². The summed E-state index contributed by atoms with van der Waals surface area (Å²) in [5.74, 6) is -0.918. The lowest BCUT2D eigenvalue weighted by Crippen LogP contribution is -2.36. The van der Waals surface area contributed by atoms with E-state index >= 15 is 0 Å². The number of carboxylic acid groups (broad SMARTS) is 1. The maximum Gasteiger partial charge on any atom is 0.335 e. The van der Waals surface area contributed by atoms with E-state index in [2.05, 4.69) is 9.88 Å². The minimum Gasteiger partial charge on any atom is -0.478 e. The number of rotatable bonds is 3. The smallest absolute Gasteiger partial charge is 0.335 e. The van der Waals surface area contributed by atoms with E-state index in [1.807, 2.05) is 12.1 Å². The molecule has 6 heteroatoms. The van der Waals surface area contributed by atoms with Gasteiger partial charge in [-0.25, -0.2) is 9.78 Å². The Bertz CT molecular complexity index is 765. The lowest BCUT2D eigenvalue weighted by Gasteiger charge is -2.27. The van der Waals surface area contributed by atoms with Gasteiger partial charge >= 0.3 is 5.97 Å². The second-order valence-electron chi connectivity index (χ2n) is 5.55. The van der Waals surface area contributed by atoms with E-state index in [1.54, 1.807) is 25.5 Å². The van der Waals surface area contributed by atoms with Crippen LogP contribution in [0.25, 0.3) is 0 Å². The molecule has 1 aromatic carbocycles. The molecule has 0 unspecified atom stereocenters. The third-order valence-electron chi connectivity index (χ3n) is 3.97. The third kappa shape index (κ3) is 2.78. The van der Waals surface area contributed by atoms with Crippen molar-refractivity contribution >= 4 is 5.97 Å². The number of hydrogen-bond acceptors (Lipinski definition) is 4. The minimum absolute atomic E-state index is 0.0375. The highest BCUT2D eigenvalue weighted by atomic mass is 16.4. The van der Waals surface area contributed by atoms with Crippen molar-refractivity contribution < 1.29 is 9.90 Å². The molecule has 0 amide bonds. The summed E-state index contributed by atoms with van der Waals surface area (Å²) in [6, 6.07) is 6.89. The van der Waals surface area contributed by atoms with Crippen LogP contribution in [0.15, 0.2) is 35.4 Å². The Morgan fingerprint density at radius 1 is 1.32 bits per heavy atom. The zero-order chi connectivity index (χ0) is 15.7. The van der Waals surface area contributed by atoms with Crippen molar-refractivity contribution in [1.82, 2.24) is 14.5 Å². The van der Waals surface area contributed by atoms with E-state index < -0.39 is 5.97 Å². The fourth-order valence-electron chi connectivity index (χ4n) is 2.72. The number of aromatic nitrogens is 2. The Balaban J connectivity index is 1.74. The molecule has 0 bridgehead atoms. The molecule has 0 atom stereocenters. The molecule has 0 saturated carbocycles. The second kappa shape index (κ2) is 5.73. The molecule has 1 N–H and O–H groups in total. The van der Waals surface area contributed by atoms with Crippen LogP contribution in [-0.2, 0) is 26.6 Å². The number of aryl methyl sites for hydroxylation is 1. The predicted molar refractivity (Wildman–Crippen MR) is 80.7 cm³/mol. The lowest BCUT2D eigenvalue weighted by atomic mass is 10.1. The lowest BCUT2D eigenvalue weighted by molar-refractivity contribution is 0.0697. The van der Waals surface area contributed by atoms with E-state index in [-0.39, 0.29) is 11.1 Å². The normalized spacial score (nSPS) is 14.6. The number of nitrogens with zero attached hydrogens (tertiary/aromatic N) is 3. The summed E-state index contributed by atoms with van der Waals surface area (Å²) in [5.41, 5.74) is 3.03. The van der Waals surface area contributed by atoms with Crippen LogP contribution in [0.4, 0.5) is 0 Å². The molecule has 1 aromatic heterocycles. The van der Waals surface area contributed by atoms with E-state index in [4.69, 9.17) is 5.11 Å². The van der Waals surface area contributed by atoms with Gasteiger partial charge in [0, 0.05) is 32.2 Å². The van der Waals surface area contributed by atoms with Gasteiger partial charge in [-0.05, 0) is 24.1 Å². The van der Waals surface area contributed by atoms with Crippen molar-refractivity contribution in [2.45, 2.75) is 19.5 Å². The first-order valence-electron chi connectivity index (χ1n) is 7.12. The van der Waals surface area contributed by atoms with Crippen LogP contribution in [0.3, 0.4) is 0 Å². The van der Waals surface area contributed by atoms with Gasteiger partial charge < -0.3 is 9.67 Å². The standard InChI is InChI=1S/C16H17N3O3/c1-18-10-17-14-9-19(7-6-13(14)15(18)20)8-11-2-4-12(5-3-11)16(21)22/h2-5,10H,6-9H2,1H3,(H,21,22). The van der Waals surface area contributed by atoms with Crippen molar-refractivity contribution in [3.05, 3.63) is 63.3 Å². The van der Waals surface area contributed by atoms with Gasteiger partial charge in [-0.3, -0.25) is 9.69 Å². The predicted octanol–water partition coefficient (Wildman–Crippen LogP) is 1.04. The Kier molecular flexibility index (Phi) is 3.77. The molecule has 0 aliphatic carbocycles. The number of fused-ring (bicyclic) bond motifs is 1. The molecule has 3 rings (SSSR count). The van der Waals surface area contributed by atoms with Crippen molar-refractivity contribution in [3.8, 4) is 0 Å². The first-order valence-corrected chi connectivity index (χ1v) is 7.12. The van der Waals surface area contributed by atoms with E-state index in [0.29, 0.717) is 13.0 Å². The summed E-state index contributed by atoms with van der Waals surface area (Å²) in [4.78, 5) is 29.4. The Labute approximate surface area is 127 Å². The van der Waals surface area contributed by atoms with Gasteiger partial charge in [0.1, 0.15) is 0 Å². The summed E-state index contributed by atoms with van der Waals surface area (Å²) >= 11 is 0. The van der Waals surface area contributed by atoms with E-state index in [0.717, 1.165) is 29.9 Å². The number of carboxylic acids is 1. The van der Waals surface area contributed by atoms with Crippen molar-refractivity contribution in [2.24, 2.45) is 7.05 Å². The van der Waals surface area contributed by atoms with Crippen LogP contribution in [-0.4, -0.2) is 32.1 Å². The first-order chi connectivity index (χ1) is 10.5. The minimum atomic E-state index is -0.918. The van der Waals surface area contributed by atoms with Crippen molar-refractivity contribution in [1.29, 1.82) is 0 Å². The fourth-order valence-corrected chi connectivity index (χ4v) is 2.72. The monoisotopic (exact) mass is 299 g/mol. The van der Waals surface area contributed by atoms with Gasteiger partial charge in [-0.15, -0.1) is 0 Å². The van der Waals surface area contributed by atoms with Gasteiger partial charge in [-0.2, -0.15) is 0 Å². The molecule has 114 valence electrons. The molecular formula is C16H17N3O3. The first kappa shape index (κ1) is 14.5. The van der Waals surface area contributed by atoms with Crippen LogP contribution in [0.2, 0.25) is 0 Å². The van der Waals surface area contributed by atoms with Gasteiger partial charge in [0.2, 0.25) is 0 Å². The summed E-state index contributed by atoms with van der Waals surface area (Å²) < 4.78 is 1.51. The maximum absolute atomic E-state index is 12.0. The quantitative estimate of drug-likeness (QED) is 0.916. The van der Waals surface area contributed by atoms with Crippen LogP contribution in [0, 0.1) is 0 Å². The molecule has 1 aliphatic heterocycles. The molecule has 2 heterocycles. The van der Waals surface area contributed by atoms with Crippen molar-refractivity contribution in [3.63, 3.8) is 0 Å². The summed E-state index contributed by atoms with van der Waals surface area (Å²) in [6.45, 7) is 2.16. The fraction of sp³-hybridized carbons (Fsp3) is 0.312. The highest BCUT2D eigenvalue weighted by Crippen LogP contribution is 2.16. The highest BCUT2D eigenvalue weighted by molar-refractivity contribution is 5.87. The Morgan fingerprint density at radius 2 is 2.05 bits per heavy atom. The van der Waals surface area contributed by atoms with Crippen molar-refractivity contribution in [2.75, 3.05) is 6.54 Å². The molecule has 6 nitrogen and oxygen atoms in total. The average molecular weight is 299 g/mol. The molecular weight excluding hydrogens is 282 g/mol. The number of aromatic carboxylic acids is 1. The largest absolute Gasteiger partial charge is 0.478 e. The molecule has 1 aliphatic rings. The Hall–Kier alpha value is -2.47. The number of carbonyl (C=O) groups is 1. The van der Waals surface area contributed by atoms with Gasteiger partial charge in [0.05, 0.1) is 17.6 Å². The van der Waals surface area contributed by atoms with Crippen LogP contribution in [0.1, 0.15) is 27.2 Å². The molecule has 0 spiro atoms. The van der Waals surface area contributed by atoms with Crippen LogP contribution < -0.4 is 5.56 Å². The summed E-state index contributed by atoms with van der Waals surface area (Å²) in [5, 5.41) is 8.90. The van der Waals surface area contributed by atoms with E-state index in [9.17, 15) is 9.59 Å². The van der Waals surface area contributed by atoms with Crippen LogP contribution in [0.5, 0.6) is 0 Å². The van der Waals surface area contributed by atoms with E-state index in [1.165, 1.54) is 4.57 Å². The summed E-state index contributed by atoms with van der Waals surface area (Å²) in [6.07, 6.45) is 2.26. The molecule has 0 fully saturated rings. The maximum atomic E-state index is 12.0. The number of hydrogen-bond donors (Lipinski definition) is 1. The van der Waals surface area contributed by atoms with Gasteiger partial charge in [-0.1, -0.05) is 12.1 Å².